The predicted octanol–water partition coefficient (Wildman–Crippen LogP) is 5.53. The van der Waals surface area contributed by atoms with Gasteiger partial charge in [0.15, 0.2) is 6.61 Å². The molecule has 0 saturated carbocycles. The highest BCUT2D eigenvalue weighted by atomic mass is 35.5. The molecule has 0 aliphatic heterocycles. The highest BCUT2D eigenvalue weighted by Gasteiger charge is 2.35. The molecule has 10 heteroatoms. The number of carbonyl (C=O) groups excluding carboxylic acids is 1. The fourth-order valence-electron chi connectivity index (χ4n) is 2.25. The SMILES string of the molecule is COP(C)(=O)C(OC(=O)COc1cccc(C(F)(F)F)c1)c1ccccc1Cl. The van der Waals surface area contributed by atoms with Crippen molar-refractivity contribution in [1.82, 2.24) is 0 Å². The lowest BCUT2D eigenvalue weighted by Crippen LogP contribution is -2.19. The predicted molar refractivity (Wildman–Crippen MR) is 97.8 cm³/mol. The minimum absolute atomic E-state index is 0.160. The van der Waals surface area contributed by atoms with E-state index in [1.165, 1.54) is 32.0 Å². The molecule has 0 fully saturated rings. The summed E-state index contributed by atoms with van der Waals surface area (Å²) in [6.45, 7) is 0.591. The third-order valence-corrected chi connectivity index (χ3v) is 6.03. The molecule has 0 bridgehead atoms. The van der Waals surface area contributed by atoms with Crippen molar-refractivity contribution >= 4 is 24.9 Å². The Kier molecular flexibility index (Phi) is 7.15. The Balaban J connectivity index is 2.13. The van der Waals surface area contributed by atoms with Gasteiger partial charge in [-0.3, -0.25) is 4.57 Å². The highest BCUT2D eigenvalue weighted by molar-refractivity contribution is 7.58. The molecule has 0 amide bonds. The summed E-state index contributed by atoms with van der Waals surface area (Å²) in [6.07, 6.45) is -4.54. The molecule has 152 valence electrons. The summed E-state index contributed by atoms with van der Waals surface area (Å²) in [6, 6.07) is 10.4. The fraction of sp³-hybridized carbons (Fsp3) is 0.278. The molecule has 0 spiro atoms. The molecule has 0 heterocycles. The number of benzene rings is 2. The Morgan fingerprint density at radius 2 is 1.86 bits per heavy atom. The molecule has 0 saturated heterocycles. The van der Waals surface area contributed by atoms with Crippen LogP contribution in [0.3, 0.4) is 0 Å². The van der Waals surface area contributed by atoms with Crippen LogP contribution in [0.25, 0.3) is 0 Å². The van der Waals surface area contributed by atoms with Crippen LogP contribution in [0, 0.1) is 0 Å². The summed E-state index contributed by atoms with van der Waals surface area (Å²) in [4.78, 5) is 12.2. The number of rotatable bonds is 7. The van der Waals surface area contributed by atoms with Gasteiger partial charge < -0.3 is 14.0 Å². The lowest BCUT2D eigenvalue weighted by Gasteiger charge is -2.24. The van der Waals surface area contributed by atoms with E-state index in [1.54, 1.807) is 12.1 Å². The standard InChI is InChI=1S/C18H17ClF3O5P/c1-25-28(2,24)17(14-8-3-4-9-15(14)19)27-16(23)11-26-13-7-5-6-12(10-13)18(20,21)22/h3-10,17H,11H2,1-2H3. The van der Waals surface area contributed by atoms with E-state index >= 15 is 0 Å². The number of hydrogen-bond acceptors (Lipinski definition) is 5. The first-order valence-electron chi connectivity index (χ1n) is 7.91. The van der Waals surface area contributed by atoms with Crippen molar-refractivity contribution in [2.45, 2.75) is 12.0 Å². The summed E-state index contributed by atoms with van der Waals surface area (Å²) < 4.78 is 66.2. The van der Waals surface area contributed by atoms with Crippen LogP contribution in [0.15, 0.2) is 48.5 Å². The van der Waals surface area contributed by atoms with Gasteiger partial charge >= 0.3 is 12.1 Å². The van der Waals surface area contributed by atoms with Crippen LogP contribution >= 0.6 is 19.0 Å². The lowest BCUT2D eigenvalue weighted by atomic mass is 10.2. The molecule has 2 aromatic carbocycles. The van der Waals surface area contributed by atoms with E-state index in [2.05, 4.69) is 0 Å². The molecule has 28 heavy (non-hydrogen) atoms. The van der Waals surface area contributed by atoms with Crippen LogP contribution in [-0.2, 0) is 24.8 Å². The van der Waals surface area contributed by atoms with Gasteiger partial charge in [0, 0.05) is 24.4 Å². The smallest absolute Gasteiger partial charge is 0.416 e. The van der Waals surface area contributed by atoms with Gasteiger partial charge in [-0.05, 0) is 24.3 Å². The zero-order chi connectivity index (χ0) is 20.9. The summed E-state index contributed by atoms with van der Waals surface area (Å²) in [5.74, 6) is -2.39. The van der Waals surface area contributed by atoms with Crippen molar-refractivity contribution in [1.29, 1.82) is 0 Å². The normalized spacial score (nSPS) is 14.8. The van der Waals surface area contributed by atoms with Gasteiger partial charge in [0.05, 0.1) is 5.56 Å². The van der Waals surface area contributed by atoms with Crippen LogP contribution in [0.2, 0.25) is 5.02 Å². The summed E-state index contributed by atoms with van der Waals surface area (Å²) in [7, 11) is -2.24. The molecular weight excluding hydrogens is 420 g/mol. The van der Waals surface area contributed by atoms with Gasteiger partial charge in [-0.1, -0.05) is 35.9 Å². The first-order chi connectivity index (χ1) is 13.0. The Labute approximate surface area is 164 Å². The van der Waals surface area contributed by atoms with Gasteiger partial charge in [0.2, 0.25) is 13.2 Å². The summed E-state index contributed by atoms with van der Waals surface area (Å²) in [5.41, 5.74) is -0.631. The number of hydrogen-bond donors (Lipinski definition) is 0. The number of carbonyl (C=O) groups is 1. The van der Waals surface area contributed by atoms with Gasteiger partial charge in [-0.15, -0.1) is 0 Å². The van der Waals surface area contributed by atoms with Crippen molar-refractivity contribution in [3.63, 3.8) is 0 Å². The largest absolute Gasteiger partial charge is 0.482 e. The Hall–Kier alpha value is -2.02. The molecule has 0 aliphatic carbocycles. The van der Waals surface area contributed by atoms with E-state index in [0.29, 0.717) is 0 Å². The number of halogens is 4. The van der Waals surface area contributed by atoms with Gasteiger partial charge in [0.1, 0.15) is 5.75 Å². The van der Waals surface area contributed by atoms with Crippen molar-refractivity contribution in [2.24, 2.45) is 0 Å². The number of alkyl halides is 3. The summed E-state index contributed by atoms with van der Waals surface area (Å²) in [5, 5.41) is 0.221. The molecule has 2 atom stereocenters. The fourth-order valence-corrected chi connectivity index (χ4v) is 3.79. The molecule has 2 unspecified atom stereocenters. The zero-order valence-corrected chi connectivity index (χ0v) is 16.6. The number of ether oxygens (including phenoxy) is 2. The maximum Gasteiger partial charge on any atom is 0.416 e. The first kappa shape index (κ1) is 22.3. The quantitative estimate of drug-likeness (QED) is 0.421. The van der Waals surface area contributed by atoms with Crippen LogP contribution < -0.4 is 4.74 Å². The average Bonchev–Trinajstić information content (AvgIpc) is 2.64. The molecule has 0 radical (unpaired) electrons. The maximum absolute atomic E-state index is 12.7. The second-order valence-electron chi connectivity index (χ2n) is 5.77. The van der Waals surface area contributed by atoms with E-state index in [4.69, 9.17) is 25.6 Å². The molecular formula is C18H17ClF3O5P. The third-order valence-electron chi connectivity index (χ3n) is 3.72. The molecule has 5 nitrogen and oxygen atoms in total. The van der Waals surface area contributed by atoms with E-state index in [9.17, 15) is 22.5 Å². The van der Waals surface area contributed by atoms with Crippen LogP contribution in [-0.4, -0.2) is 26.4 Å². The molecule has 2 rings (SSSR count). The average molecular weight is 437 g/mol. The van der Waals surface area contributed by atoms with E-state index in [0.717, 1.165) is 18.2 Å². The van der Waals surface area contributed by atoms with E-state index in [-0.39, 0.29) is 16.3 Å². The van der Waals surface area contributed by atoms with Gasteiger partial charge in [0.25, 0.3) is 0 Å². The van der Waals surface area contributed by atoms with E-state index in [1.807, 2.05) is 0 Å². The Bertz CT molecular complexity index is 888. The first-order valence-corrected chi connectivity index (χ1v) is 10.4. The molecule has 0 aliphatic rings. The lowest BCUT2D eigenvalue weighted by molar-refractivity contribution is -0.148. The van der Waals surface area contributed by atoms with Crippen LogP contribution in [0.1, 0.15) is 17.0 Å². The number of esters is 1. The van der Waals surface area contributed by atoms with Gasteiger partial charge in [-0.25, -0.2) is 4.79 Å². The maximum atomic E-state index is 12.7. The molecule has 0 N–H and O–H groups in total. The van der Waals surface area contributed by atoms with Crippen molar-refractivity contribution < 1.29 is 36.5 Å². The minimum atomic E-state index is -4.54. The highest BCUT2D eigenvalue weighted by Crippen LogP contribution is 2.58. The van der Waals surface area contributed by atoms with Crippen molar-refractivity contribution in [2.75, 3.05) is 20.4 Å². The second-order valence-corrected chi connectivity index (χ2v) is 8.83. The van der Waals surface area contributed by atoms with E-state index < -0.39 is 37.5 Å². The second kappa shape index (κ2) is 8.99. The molecule has 2 aromatic rings. The van der Waals surface area contributed by atoms with Crippen molar-refractivity contribution in [3.8, 4) is 5.75 Å². The topological polar surface area (TPSA) is 61.8 Å². The summed E-state index contributed by atoms with van der Waals surface area (Å²) >= 11 is 6.09. The monoisotopic (exact) mass is 436 g/mol. The van der Waals surface area contributed by atoms with Crippen LogP contribution in [0.5, 0.6) is 5.75 Å². The van der Waals surface area contributed by atoms with Crippen LogP contribution in [0.4, 0.5) is 13.2 Å². The third kappa shape index (κ3) is 5.74. The Morgan fingerprint density at radius 1 is 1.18 bits per heavy atom. The Morgan fingerprint density at radius 3 is 2.46 bits per heavy atom. The zero-order valence-electron chi connectivity index (χ0n) is 14.9. The van der Waals surface area contributed by atoms with Crippen molar-refractivity contribution in [3.05, 3.63) is 64.7 Å². The minimum Gasteiger partial charge on any atom is -0.482 e. The molecule has 0 aromatic heterocycles. The van der Waals surface area contributed by atoms with Gasteiger partial charge in [-0.2, -0.15) is 13.2 Å².